The molecule has 0 bridgehead atoms. The average molecular weight is 330 g/mol. The fourth-order valence-electron chi connectivity index (χ4n) is 3.87. The molecule has 0 spiro atoms. The monoisotopic (exact) mass is 330 g/mol. The first-order valence-electron chi connectivity index (χ1n) is 9.13. The Bertz CT molecular complexity index is 598. The van der Waals surface area contributed by atoms with E-state index in [1.807, 2.05) is 25.7 Å². The van der Waals surface area contributed by atoms with Crippen LogP contribution in [0.25, 0.3) is 0 Å². The lowest BCUT2D eigenvalue weighted by molar-refractivity contribution is 0.0134. The van der Waals surface area contributed by atoms with Crippen LogP contribution in [0.15, 0.2) is 18.2 Å². The number of hydrogen-bond acceptors (Lipinski definition) is 3. The molecule has 4 heteroatoms. The molecule has 1 amide bonds. The van der Waals surface area contributed by atoms with Crippen LogP contribution in [-0.4, -0.2) is 47.2 Å². The van der Waals surface area contributed by atoms with Gasteiger partial charge in [0.25, 0.3) is 0 Å². The molecule has 0 aromatic heterocycles. The van der Waals surface area contributed by atoms with Gasteiger partial charge in [0.05, 0.1) is 0 Å². The standard InChI is InChI=1S/C20H30N2O2/c1-15-6-5-7-16-14-22(13-10-18(15)16)17-8-11-21(12-9-17)19(23)24-20(2,3)4/h5-7,17H,8-14H2,1-4H3. The number of rotatable bonds is 1. The van der Waals surface area contributed by atoms with Crippen molar-refractivity contribution in [2.24, 2.45) is 0 Å². The van der Waals surface area contributed by atoms with Crippen LogP contribution in [0.5, 0.6) is 0 Å². The molecular weight excluding hydrogens is 300 g/mol. The number of aryl methyl sites for hydroxylation is 1. The molecule has 132 valence electrons. The number of carbonyl (C=O) groups excluding carboxylic acids is 1. The lowest BCUT2D eigenvalue weighted by Crippen LogP contribution is -2.49. The Morgan fingerprint density at radius 1 is 1.17 bits per heavy atom. The largest absolute Gasteiger partial charge is 0.444 e. The Balaban J connectivity index is 1.55. The first-order chi connectivity index (χ1) is 11.3. The molecule has 1 aromatic carbocycles. The highest BCUT2D eigenvalue weighted by Gasteiger charge is 2.31. The Kier molecular flexibility index (Phi) is 4.86. The summed E-state index contributed by atoms with van der Waals surface area (Å²) in [5, 5.41) is 0. The second kappa shape index (κ2) is 6.75. The fourth-order valence-corrected chi connectivity index (χ4v) is 3.87. The zero-order valence-corrected chi connectivity index (χ0v) is 15.5. The van der Waals surface area contributed by atoms with Crippen molar-refractivity contribution < 1.29 is 9.53 Å². The van der Waals surface area contributed by atoms with E-state index in [0.29, 0.717) is 6.04 Å². The van der Waals surface area contributed by atoms with Gasteiger partial charge in [0.2, 0.25) is 0 Å². The van der Waals surface area contributed by atoms with Gasteiger partial charge in [-0.05, 0) is 63.6 Å². The van der Waals surface area contributed by atoms with E-state index < -0.39 is 5.60 Å². The van der Waals surface area contributed by atoms with E-state index in [2.05, 4.69) is 30.0 Å². The Labute approximate surface area is 145 Å². The molecular formula is C20H30N2O2. The van der Waals surface area contributed by atoms with Crippen LogP contribution in [-0.2, 0) is 17.7 Å². The minimum atomic E-state index is -0.414. The smallest absolute Gasteiger partial charge is 0.410 e. The summed E-state index contributed by atoms with van der Waals surface area (Å²) in [5.41, 5.74) is 4.03. The molecule has 3 rings (SSSR count). The van der Waals surface area contributed by atoms with Gasteiger partial charge in [0.1, 0.15) is 5.60 Å². The van der Waals surface area contributed by atoms with E-state index in [-0.39, 0.29) is 6.09 Å². The third-order valence-electron chi connectivity index (χ3n) is 5.16. The first kappa shape index (κ1) is 17.3. The number of ether oxygens (including phenoxy) is 1. The number of carbonyl (C=O) groups is 1. The van der Waals surface area contributed by atoms with E-state index in [9.17, 15) is 4.79 Å². The van der Waals surface area contributed by atoms with Crippen molar-refractivity contribution in [1.82, 2.24) is 9.80 Å². The number of piperidine rings is 1. The molecule has 0 radical (unpaired) electrons. The second-order valence-electron chi connectivity index (χ2n) is 8.13. The fraction of sp³-hybridized carbons (Fsp3) is 0.650. The van der Waals surface area contributed by atoms with Gasteiger partial charge in [-0.2, -0.15) is 0 Å². The van der Waals surface area contributed by atoms with Gasteiger partial charge < -0.3 is 9.64 Å². The Hall–Kier alpha value is -1.55. The van der Waals surface area contributed by atoms with Gasteiger partial charge in [0.15, 0.2) is 0 Å². The highest BCUT2D eigenvalue weighted by atomic mass is 16.6. The van der Waals surface area contributed by atoms with E-state index in [1.54, 1.807) is 5.56 Å². The highest BCUT2D eigenvalue weighted by molar-refractivity contribution is 5.68. The van der Waals surface area contributed by atoms with Gasteiger partial charge in [0, 0.05) is 32.2 Å². The van der Waals surface area contributed by atoms with Gasteiger partial charge in [-0.25, -0.2) is 4.79 Å². The topological polar surface area (TPSA) is 32.8 Å². The number of hydrogen-bond donors (Lipinski definition) is 0. The van der Waals surface area contributed by atoms with Crippen LogP contribution in [0.4, 0.5) is 4.79 Å². The molecule has 0 N–H and O–H groups in total. The maximum absolute atomic E-state index is 12.2. The Morgan fingerprint density at radius 3 is 2.54 bits per heavy atom. The van der Waals surface area contributed by atoms with Crippen LogP contribution >= 0.6 is 0 Å². The summed E-state index contributed by atoms with van der Waals surface area (Å²) in [5.74, 6) is 0. The number of likely N-dealkylation sites (tertiary alicyclic amines) is 1. The lowest BCUT2D eigenvalue weighted by atomic mass is 9.93. The van der Waals surface area contributed by atoms with E-state index in [1.165, 1.54) is 11.1 Å². The molecule has 0 unspecified atom stereocenters. The van der Waals surface area contributed by atoms with Crippen molar-refractivity contribution in [2.75, 3.05) is 19.6 Å². The van der Waals surface area contributed by atoms with Crippen molar-refractivity contribution >= 4 is 6.09 Å². The van der Waals surface area contributed by atoms with Gasteiger partial charge in [-0.1, -0.05) is 18.2 Å². The maximum atomic E-state index is 12.2. The third-order valence-corrected chi connectivity index (χ3v) is 5.16. The summed E-state index contributed by atoms with van der Waals surface area (Å²) in [4.78, 5) is 16.7. The molecule has 2 aliphatic rings. The van der Waals surface area contributed by atoms with Gasteiger partial charge in [-0.3, -0.25) is 4.90 Å². The van der Waals surface area contributed by atoms with E-state index in [0.717, 1.165) is 45.4 Å². The zero-order valence-electron chi connectivity index (χ0n) is 15.5. The van der Waals surface area contributed by atoms with Crippen LogP contribution in [0.1, 0.15) is 50.3 Å². The molecule has 2 aliphatic heterocycles. The summed E-state index contributed by atoms with van der Waals surface area (Å²) < 4.78 is 5.49. The minimum Gasteiger partial charge on any atom is -0.444 e. The zero-order chi connectivity index (χ0) is 17.3. The van der Waals surface area contributed by atoms with E-state index >= 15 is 0 Å². The lowest BCUT2D eigenvalue weighted by Gasteiger charge is -2.41. The van der Waals surface area contributed by atoms with Crippen molar-refractivity contribution in [1.29, 1.82) is 0 Å². The predicted octanol–water partition coefficient (Wildman–Crippen LogP) is 3.75. The summed E-state index contributed by atoms with van der Waals surface area (Å²) >= 11 is 0. The maximum Gasteiger partial charge on any atom is 0.410 e. The van der Waals surface area contributed by atoms with Gasteiger partial charge >= 0.3 is 6.09 Å². The SMILES string of the molecule is Cc1cccc2c1CCN(C1CCN(C(=O)OC(C)(C)C)CC1)C2. The van der Waals surface area contributed by atoms with Crippen molar-refractivity contribution in [2.45, 2.75) is 65.1 Å². The number of fused-ring (bicyclic) bond motifs is 1. The Morgan fingerprint density at radius 2 is 1.88 bits per heavy atom. The number of amides is 1. The van der Waals surface area contributed by atoms with Crippen molar-refractivity contribution in [3.05, 3.63) is 34.9 Å². The van der Waals surface area contributed by atoms with Crippen molar-refractivity contribution in [3.8, 4) is 0 Å². The van der Waals surface area contributed by atoms with Gasteiger partial charge in [-0.15, -0.1) is 0 Å². The highest BCUT2D eigenvalue weighted by Crippen LogP contribution is 2.27. The molecule has 1 aromatic rings. The van der Waals surface area contributed by atoms with Crippen LogP contribution in [0, 0.1) is 6.92 Å². The van der Waals surface area contributed by atoms with Crippen molar-refractivity contribution in [3.63, 3.8) is 0 Å². The number of nitrogens with zero attached hydrogens (tertiary/aromatic N) is 2. The molecule has 0 aliphatic carbocycles. The van der Waals surface area contributed by atoms with E-state index in [4.69, 9.17) is 4.74 Å². The quantitative estimate of drug-likeness (QED) is 0.786. The van der Waals surface area contributed by atoms with Crippen LogP contribution in [0.3, 0.4) is 0 Å². The normalized spacial score (nSPS) is 19.9. The predicted molar refractivity (Wildman–Crippen MR) is 96.1 cm³/mol. The summed E-state index contributed by atoms with van der Waals surface area (Å²) in [6.45, 7) is 11.8. The molecule has 2 heterocycles. The van der Waals surface area contributed by atoms with Crippen LogP contribution < -0.4 is 0 Å². The summed E-state index contributed by atoms with van der Waals surface area (Å²) in [6, 6.07) is 7.23. The second-order valence-corrected chi connectivity index (χ2v) is 8.13. The molecule has 24 heavy (non-hydrogen) atoms. The average Bonchev–Trinajstić information content (AvgIpc) is 2.53. The molecule has 0 saturated carbocycles. The summed E-state index contributed by atoms with van der Waals surface area (Å²) in [6.07, 6.45) is 3.07. The molecule has 1 fully saturated rings. The number of benzene rings is 1. The molecule has 1 saturated heterocycles. The summed E-state index contributed by atoms with van der Waals surface area (Å²) in [7, 11) is 0. The molecule has 0 atom stereocenters. The third kappa shape index (κ3) is 3.92. The molecule has 4 nitrogen and oxygen atoms in total. The minimum absolute atomic E-state index is 0.166. The first-order valence-corrected chi connectivity index (χ1v) is 9.13. The van der Waals surface area contributed by atoms with Crippen LogP contribution in [0.2, 0.25) is 0 Å².